The molecule has 25 heavy (non-hydrogen) atoms. The third kappa shape index (κ3) is 3.55. The van der Waals surface area contributed by atoms with E-state index in [4.69, 9.17) is 4.74 Å². The molecule has 2 aliphatic heterocycles. The molecule has 8 nitrogen and oxygen atoms in total. The van der Waals surface area contributed by atoms with Gasteiger partial charge in [-0.1, -0.05) is 0 Å². The minimum absolute atomic E-state index is 0.0794. The number of fused-ring (bicyclic) bond motifs is 1. The van der Waals surface area contributed by atoms with Gasteiger partial charge in [0.15, 0.2) is 0 Å². The van der Waals surface area contributed by atoms with Crippen molar-refractivity contribution in [3.63, 3.8) is 0 Å². The highest BCUT2D eigenvalue weighted by atomic mass is 16.5. The number of ether oxygens (including phenoxy) is 1. The molecule has 1 aromatic rings. The Hall–Kier alpha value is -1.93. The number of H-pyrrole nitrogens is 1. The maximum atomic E-state index is 12.6. The first kappa shape index (κ1) is 16.5. The lowest BCUT2D eigenvalue weighted by molar-refractivity contribution is -0.148. The van der Waals surface area contributed by atoms with Crippen molar-refractivity contribution in [2.75, 3.05) is 39.8 Å². The van der Waals surface area contributed by atoms with Crippen LogP contribution in [-0.2, 0) is 20.7 Å². The second kappa shape index (κ2) is 6.76. The normalized spacial score (nSPS) is 31.6. The molecule has 2 N–H and O–H groups in total. The molecule has 0 radical (unpaired) electrons. The number of carbonyl (C=O) groups excluding carboxylic acids is 2. The molecule has 3 fully saturated rings. The molecule has 2 amide bonds. The molecule has 2 saturated heterocycles. The summed E-state index contributed by atoms with van der Waals surface area (Å²) in [5.74, 6) is 0.991. The summed E-state index contributed by atoms with van der Waals surface area (Å²) < 4.78 is 5.62. The Morgan fingerprint density at radius 2 is 2.16 bits per heavy atom. The Morgan fingerprint density at radius 1 is 1.36 bits per heavy atom. The van der Waals surface area contributed by atoms with Crippen molar-refractivity contribution < 1.29 is 14.3 Å². The maximum absolute atomic E-state index is 12.6. The molecule has 0 bridgehead atoms. The fraction of sp³-hybridized carbons (Fsp3) is 0.706. The second-order valence-corrected chi connectivity index (χ2v) is 7.39. The van der Waals surface area contributed by atoms with Crippen LogP contribution in [0, 0.1) is 11.8 Å². The van der Waals surface area contributed by atoms with E-state index < -0.39 is 0 Å². The Morgan fingerprint density at radius 3 is 2.84 bits per heavy atom. The Bertz CT molecular complexity index is 622. The fourth-order valence-electron chi connectivity index (χ4n) is 3.98. The van der Waals surface area contributed by atoms with Crippen molar-refractivity contribution in [2.45, 2.75) is 25.0 Å². The van der Waals surface area contributed by atoms with Gasteiger partial charge in [-0.05, 0) is 19.0 Å². The Labute approximate surface area is 146 Å². The van der Waals surface area contributed by atoms with E-state index in [0.717, 1.165) is 25.2 Å². The number of hydrogen-bond donors (Lipinski definition) is 2. The quantitative estimate of drug-likeness (QED) is 0.731. The number of rotatable bonds is 5. The Balaban J connectivity index is 1.20. The lowest BCUT2D eigenvalue weighted by Gasteiger charge is -2.32. The van der Waals surface area contributed by atoms with Gasteiger partial charge in [0.25, 0.3) is 5.91 Å². The van der Waals surface area contributed by atoms with Gasteiger partial charge in [-0.15, -0.1) is 0 Å². The highest BCUT2D eigenvalue weighted by Crippen LogP contribution is 2.45. The Kier molecular flexibility index (Phi) is 4.47. The average Bonchev–Trinajstić information content (AvgIpc) is 3.05. The van der Waals surface area contributed by atoms with E-state index >= 15 is 0 Å². The molecule has 8 heteroatoms. The fourth-order valence-corrected chi connectivity index (χ4v) is 3.98. The van der Waals surface area contributed by atoms with Crippen LogP contribution in [-0.4, -0.2) is 83.8 Å². The average molecular weight is 347 g/mol. The van der Waals surface area contributed by atoms with Crippen LogP contribution in [0.1, 0.15) is 12.0 Å². The number of nitrogens with zero attached hydrogens (tertiary/aromatic N) is 3. The molecule has 1 aliphatic carbocycles. The summed E-state index contributed by atoms with van der Waals surface area (Å²) in [5.41, 5.74) is 1.04. The minimum atomic E-state index is -0.334. The van der Waals surface area contributed by atoms with Crippen LogP contribution in [0.5, 0.6) is 0 Å². The van der Waals surface area contributed by atoms with Crippen molar-refractivity contribution in [3.05, 3.63) is 18.0 Å². The highest BCUT2D eigenvalue weighted by Gasteiger charge is 2.57. The summed E-state index contributed by atoms with van der Waals surface area (Å²) >= 11 is 0. The monoisotopic (exact) mass is 347 g/mol. The molecule has 136 valence electrons. The predicted molar refractivity (Wildman–Crippen MR) is 89.6 cm³/mol. The van der Waals surface area contributed by atoms with E-state index in [9.17, 15) is 9.59 Å². The van der Waals surface area contributed by atoms with Gasteiger partial charge in [0, 0.05) is 56.7 Å². The number of carbonyl (C=O) groups is 2. The van der Waals surface area contributed by atoms with E-state index in [2.05, 4.69) is 20.4 Å². The van der Waals surface area contributed by atoms with E-state index in [1.54, 1.807) is 6.20 Å². The lowest BCUT2D eigenvalue weighted by Crippen LogP contribution is -2.50. The number of hydrogen-bond acceptors (Lipinski definition) is 5. The molecule has 4 atom stereocenters. The van der Waals surface area contributed by atoms with Crippen molar-refractivity contribution in [1.29, 1.82) is 0 Å². The van der Waals surface area contributed by atoms with Crippen molar-refractivity contribution >= 4 is 11.8 Å². The van der Waals surface area contributed by atoms with Gasteiger partial charge in [0.05, 0.1) is 12.8 Å². The SMILES string of the molecule is CN1CCOC(C(=O)N2C[C@@H]3C(NC(=O)CCc4cn[nH]c4)[C@@H]3C2)C1. The zero-order valence-corrected chi connectivity index (χ0v) is 14.5. The second-order valence-electron chi connectivity index (χ2n) is 7.39. The highest BCUT2D eigenvalue weighted by molar-refractivity contribution is 5.82. The predicted octanol–water partition coefficient (Wildman–Crippen LogP) is -0.754. The molecular formula is C17H25N5O3. The van der Waals surface area contributed by atoms with Gasteiger partial charge >= 0.3 is 0 Å². The molecule has 4 rings (SSSR count). The topological polar surface area (TPSA) is 90.6 Å². The summed E-state index contributed by atoms with van der Waals surface area (Å²) in [6, 6.07) is 0.232. The van der Waals surface area contributed by atoms with Crippen LogP contribution in [0.2, 0.25) is 0 Å². The summed E-state index contributed by atoms with van der Waals surface area (Å²) in [6.07, 6.45) is 4.39. The molecule has 3 heterocycles. The maximum Gasteiger partial charge on any atom is 0.253 e. The first-order chi connectivity index (χ1) is 12.1. The van der Waals surface area contributed by atoms with E-state index in [-0.39, 0.29) is 24.0 Å². The zero-order chi connectivity index (χ0) is 17.4. The molecular weight excluding hydrogens is 322 g/mol. The molecule has 1 saturated carbocycles. The van der Waals surface area contributed by atoms with E-state index in [1.807, 2.05) is 18.1 Å². The molecule has 2 unspecified atom stereocenters. The number of aromatic nitrogens is 2. The largest absolute Gasteiger partial charge is 0.366 e. The summed E-state index contributed by atoms with van der Waals surface area (Å²) in [5, 5.41) is 9.75. The van der Waals surface area contributed by atoms with Crippen LogP contribution >= 0.6 is 0 Å². The number of likely N-dealkylation sites (tertiary alicyclic amines) is 1. The summed E-state index contributed by atoms with van der Waals surface area (Å²) in [4.78, 5) is 28.7. The number of piperidine rings is 1. The van der Waals surface area contributed by atoms with Gasteiger partial charge in [-0.2, -0.15) is 5.10 Å². The molecule has 3 aliphatic rings. The standard InChI is InChI=1S/C17H25N5O3/c1-21-4-5-25-14(10-21)17(24)22-8-12-13(9-22)16(12)20-15(23)3-2-11-6-18-19-7-11/h6-7,12-14,16H,2-5,8-10H2,1H3,(H,18,19)(H,20,23)/t12-,13+,14?,16?. The molecule has 1 aromatic heterocycles. The number of aryl methyl sites for hydroxylation is 1. The van der Waals surface area contributed by atoms with Crippen LogP contribution in [0.3, 0.4) is 0 Å². The van der Waals surface area contributed by atoms with Gasteiger partial charge < -0.3 is 19.9 Å². The number of morpholine rings is 1. The first-order valence-corrected chi connectivity index (χ1v) is 8.98. The zero-order valence-electron chi connectivity index (χ0n) is 14.5. The van der Waals surface area contributed by atoms with Gasteiger partial charge in [0.2, 0.25) is 5.91 Å². The van der Waals surface area contributed by atoms with Crippen LogP contribution in [0.4, 0.5) is 0 Å². The molecule has 0 spiro atoms. The minimum Gasteiger partial charge on any atom is -0.366 e. The lowest BCUT2D eigenvalue weighted by atomic mass is 10.2. The number of amides is 2. The van der Waals surface area contributed by atoms with Crippen LogP contribution in [0.25, 0.3) is 0 Å². The van der Waals surface area contributed by atoms with Gasteiger partial charge in [-0.3, -0.25) is 14.7 Å². The summed E-state index contributed by atoms with van der Waals surface area (Å²) in [7, 11) is 2.01. The third-order valence-electron chi connectivity index (χ3n) is 5.57. The van der Waals surface area contributed by atoms with E-state index in [0.29, 0.717) is 37.8 Å². The summed E-state index contributed by atoms with van der Waals surface area (Å²) in [6.45, 7) is 3.63. The number of likely N-dealkylation sites (N-methyl/N-ethyl adjacent to an activating group) is 1. The number of aromatic amines is 1. The van der Waals surface area contributed by atoms with E-state index in [1.165, 1.54) is 0 Å². The smallest absolute Gasteiger partial charge is 0.253 e. The third-order valence-corrected chi connectivity index (χ3v) is 5.57. The van der Waals surface area contributed by atoms with Crippen molar-refractivity contribution in [2.24, 2.45) is 11.8 Å². The number of nitrogens with one attached hydrogen (secondary N) is 2. The molecule has 0 aromatic carbocycles. The van der Waals surface area contributed by atoms with Crippen molar-refractivity contribution in [1.82, 2.24) is 25.3 Å². The van der Waals surface area contributed by atoms with Crippen LogP contribution < -0.4 is 5.32 Å². The van der Waals surface area contributed by atoms with Crippen LogP contribution in [0.15, 0.2) is 12.4 Å². The van der Waals surface area contributed by atoms with Gasteiger partial charge in [0.1, 0.15) is 6.10 Å². The van der Waals surface area contributed by atoms with Gasteiger partial charge in [-0.25, -0.2) is 0 Å². The van der Waals surface area contributed by atoms with Crippen molar-refractivity contribution in [3.8, 4) is 0 Å². The first-order valence-electron chi connectivity index (χ1n) is 8.98.